The van der Waals surface area contributed by atoms with Crippen LogP contribution < -0.4 is 15.8 Å². The van der Waals surface area contributed by atoms with Gasteiger partial charge in [-0.25, -0.2) is 0 Å². The maximum absolute atomic E-state index is 11.1. The fourth-order valence-corrected chi connectivity index (χ4v) is 2.56. The van der Waals surface area contributed by atoms with Crippen molar-refractivity contribution < 1.29 is 9.53 Å². The van der Waals surface area contributed by atoms with E-state index in [0.717, 1.165) is 33.5 Å². The van der Waals surface area contributed by atoms with E-state index in [9.17, 15) is 4.79 Å². The highest BCUT2D eigenvalue weighted by Gasteiger charge is 2.08. The first-order valence-electron chi connectivity index (χ1n) is 7.43. The van der Waals surface area contributed by atoms with E-state index in [1.807, 2.05) is 55.7 Å². The number of fused-ring (bicyclic) bond motifs is 1. The van der Waals surface area contributed by atoms with Crippen molar-refractivity contribution in [2.45, 2.75) is 13.0 Å². The zero-order valence-electron chi connectivity index (χ0n) is 12.9. The van der Waals surface area contributed by atoms with Crippen molar-refractivity contribution in [3.05, 3.63) is 59.8 Å². The number of aromatic amines is 1. The number of primary amides is 1. The molecule has 0 aliphatic heterocycles. The molecule has 0 saturated carbocycles. The lowest BCUT2D eigenvalue weighted by Crippen LogP contribution is -2.13. The van der Waals surface area contributed by atoms with E-state index in [4.69, 9.17) is 10.5 Å². The van der Waals surface area contributed by atoms with Crippen molar-refractivity contribution in [2.24, 2.45) is 5.73 Å². The van der Waals surface area contributed by atoms with Crippen LogP contribution in [0.2, 0.25) is 0 Å². The minimum Gasteiger partial charge on any atom is -0.489 e. The molecule has 5 heteroatoms. The summed E-state index contributed by atoms with van der Waals surface area (Å²) in [6.07, 6.45) is 2.03. The van der Waals surface area contributed by atoms with Crippen LogP contribution in [0.1, 0.15) is 11.1 Å². The Morgan fingerprint density at radius 3 is 2.91 bits per heavy atom. The second-order valence-corrected chi connectivity index (χ2v) is 5.40. The lowest BCUT2D eigenvalue weighted by molar-refractivity contribution is -0.117. The third-order valence-corrected chi connectivity index (χ3v) is 3.72. The summed E-state index contributed by atoms with van der Waals surface area (Å²) in [7, 11) is 1.89. The molecule has 3 aromatic rings. The van der Waals surface area contributed by atoms with Gasteiger partial charge in [0, 0.05) is 29.8 Å². The van der Waals surface area contributed by atoms with Gasteiger partial charge in [0.2, 0.25) is 5.91 Å². The SMILES string of the molecule is CNc1cccc(COc2ccc3[nH]cc(CC(N)=O)c3c2)c1. The van der Waals surface area contributed by atoms with Crippen molar-refractivity contribution in [1.29, 1.82) is 0 Å². The maximum atomic E-state index is 11.1. The van der Waals surface area contributed by atoms with Gasteiger partial charge < -0.3 is 20.8 Å². The summed E-state index contributed by atoms with van der Waals surface area (Å²) in [5.41, 5.74) is 9.27. The number of benzene rings is 2. The lowest BCUT2D eigenvalue weighted by Gasteiger charge is -2.08. The van der Waals surface area contributed by atoms with E-state index in [2.05, 4.69) is 10.3 Å². The topological polar surface area (TPSA) is 80.1 Å². The lowest BCUT2D eigenvalue weighted by atomic mass is 10.1. The Hall–Kier alpha value is -2.95. The highest BCUT2D eigenvalue weighted by atomic mass is 16.5. The number of carbonyl (C=O) groups excluding carboxylic acids is 1. The molecule has 3 rings (SSSR count). The Balaban J connectivity index is 1.78. The van der Waals surface area contributed by atoms with Gasteiger partial charge in [0.15, 0.2) is 0 Å². The first-order valence-corrected chi connectivity index (χ1v) is 7.43. The van der Waals surface area contributed by atoms with Crippen molar-refractivity contribution in [3.8, 4) is 5.75 Å². The molecule has 118 valence electrons. The number of nitrogens with two attached hydrogens (primary N) is 1. The molecule has 0 unspecified atom stereocenters. The summed E-state index contributed by atoms with van der Waals surface area (Å²) in [6.45, 7) is 0.483. The number of hydrogen-bond acceptors (Lipinski definition) is 3. The van der Waals surface area contributed by atoms with Crippen LogP contribution in [0.15, 0.2) is 48.7 Å². The quantitative estimate of drug-likeness (QED) is 0.655. The Bertz CT molecular complexity index is 839. The summed E-state index contributed by atoms with van der Waals surface area (Å²) in [5, 5.41) is 4.07. The minimum absolute atomic E-state index is 0.216. The molecule has 0 saturated heterocycles. The molecule has 0 radical (unpaired) electrons. The van der Waals surface area contributed by atoms with Gasteiger partial charge in [-0.05, 0) is 41.5 Å². The zero-order chi connectivity index (χ0) is 16.2. The van der Waals surface area contributed by atoms with E-state index < -0.39 is 0 Å². The third-order valence-electron chi connectivity index (χ3n) is 3.72. The Kier molecular flexibility index (Phi) is 4.19. The highest BCUT2D eigenvalue weighted by Crippen LogP contribution is 2.25. The Morgan fingerprint density at radius 1 is 1.26 bits per heavy atom. The molecule has 1 heterocycles. The number of H-pyrrole nitrogens is 1. The zero-order valence-corrected chi connectivity index (χ0v) is 12.9. The summed E-state index contributed by atoms with van der Waals surface area (Å²) >= 11 is 0. The second-order valence-electron chi connectivity index (χ2n) is 5.40. The van der Waals surface area contributed by atoms with Gasteiger partial charge >= 0.3 is 0 Å². The molecule has 0 fully saturated rings. The number of aromatic nitrogens is 1. The number of ether oxygens (including phenoxy) is 1. The molecule has 1 amide bonds. The maximum Gasteiger partial charge on any atom is 0.221 e. The van der Waals surface area contributed by atoms with Gasteiger partial charge in [0.25, 0.3) is 0 Å². The Morgan fingerprint density at radius 2 is 2.13 bits per heavy atom. The number of rotatable bonds is 6. The number of anilines is 1. The molecule has 23 heavy (non-hydrogen) atoms. The molecule has 4 N–H and O–H groups in total. The number of nitrogens with one attached hydrogen (secondary N) is 2. The van der Waals surface area contributed by atoms with Crippen molar-refractivity contribution in [1.82, 2.24) is 4.98 Å². The van der Waals surface area contributed by atoms with Gasteiger partial charge in [-0.1, -0.05) is 12.1 Å². The summed E-state index contributed by atoms with van der Waals surface area (Å²) in [5.74, 6) is 0.416. The Labute approximate surface area is 134 Å². The van der Waals surface area contributed by atoms with Crippen LogP contribution in [-0.2, 0) is 17.8 Å². The van der Waals surface area contributed by atoms with E-state index in [-0.39, 0.29) is 12.3 Å². The minimum atomic E-state index is -0.346. The van der Waals surface area contributed by atoms with E-state index >= 15 is 0 Å². The molecule has 0 aliphatic carbocycles. The summed E-state index contributed by atoms with van der Waals surface area (Å²) in [4.78, 5) is 14.3. The van der Waals surface area contributed by atoms with Gasteiger partial charge in [-0.15, -0.1) is 0 Å². The average molecular weight is 309 g/mol. The fraction of sp³-hybridized carbons (Fsp3) is 0.167. The van der Waals surface area contributed by atoms with Crippen molar-refractivity contribution in [3.63, 3.8) is 0 Å². The monoisotopic (exact) mass is 309 g/mol. The number of amides is 1. The van der Waals surface area contributed by atoms with Gasteiger partial charge in [0.1, 0.15) is 12.4 Å². The molecular weight excluding hydrogens is 290 g/mol. The molecule has 0 bridgehead atoms. The fourth-order valence-electron chi connectivity index (χ4n) is 2.56. The number of carbonyl (C=O) groups is 1. The van der Waals surface area contributed by atoms with Crippen molar-refractivity contribution >= 4 is 22.5 Å². The van der Waals surface area contributed by atoms with Gasteiger partial charge in [0.05, 0.1) is 6.42 Å². The normalized spacial score (nSPS) is 10.7. The van der Waals surface area contributed by atoms with Crippen LogP contribution in [0.3, 0.4) is 0 Å². The predicted molar refractivity (Wildman–Crippen MR) is 91.5 cm³/mol. The third kappa shape index (κ3) is 3.45. The largest absolute Gasteiger partial charge is 0.489 e. The molecule has 5 nitrogen and oxygen atoms in total. The summed E-state index contributed by atoms with van der Waals surface area (Å²) in [6, 6.07) is 13.9. The smallest absolute Gasteiger partial charge is 0.221 e. The molecule has 1 aromatic heterocycles. The van der Waals surface area contributed by atoms with E-state index in [0.29, 0.717) is 6.61 Å². The second kappa shape index (κ2) is 6.44. The van der Waals surface area contributed by atoms with Gasteiger partial charge in [-0.3, -0.25) is 4.79 Å². The molecular formula is C18H19N3O2. The predicted octanol–water partition coefficient (Wildman–Crippen LogP) is 2.82. The highest BCUT2D eigenvalue weighted by molar-refractivity contribution is 5.89. The van der Waals surface area contributed by atoms with Crippen molar-refractivity contribution in [2.75, 3.05) is 12.4 Å². The van der Waals surface area contributed by atoms with Crippen LogP contribution >= 0.6 is 0 Å². The van der Waals surface area contributed by atoms with Crippen LogP contribution in [0.25, 0.3) is 10.9 Å². The van der Waals surface area contributed by atoms with E-state index in [1.165, 1.54) is 0 Å². The van der Waals surface area contributed by atoms with E-state index in [1.54, 1.807) is 0 Å². The van der Waals surface area contributed by atoms with Crippen LogP contribution in [0.4, 0.5) is 5.69 Å². The van der Waals surface area contributed by atoms with Crippen LogP contribution in [-0.4, -0.2) is 17.9 Å². The molecule has 0 spiro atoms. The summed E-state index contributed by atoms with van der Waals surface area (Å²) < 4.78 is 5.87. The molecule has 0 aliphatic rings. The first kappa shape index (κ1) is 15.0. The molecule has 2 aromatic carbocycles. The molecule has 0 atom stereocenters. The number of hydrogen-bond donors (Lipinski definition) is 3. The average Bonchev–Trinajstić information content (AvgIpc) is 2.95. The standard InChI is InChI=1S/C18H19N3O2/c1-20-14-4-2-3-12(7-14)11-23-15-5-6-17-16(9-15)13(10-21-17)8-18(19)22/h2-7,9-10,20-21H,8,11H2,1H3,(H2,19,22). The van der Waals surface area contributed by atoms with Gasteiger partial charge in [-0.2, -0.15) is 0 Å². The first-order chi connectivity index (χ1) is 11.2. The van der Waals surface area contributed by atoms with Crippen LogP contribution in [0, 0.1) is 0 Å². The van der Waals surface area contributed by atoms with Crippen LogP contribution in [0.5, 0.6) is 5.75 Å².